The molecule has 0 saturated carbocycles. The van der Waals surface area contributed by atoms with E-state index in [1.807, 2.05) is 68.6 Å². The van der Waals surface area contributed by atoms with Gasteiger partial charge in [0.25, 0.3) is 0 Å². The number of hydrogen-bond donors (Lipinski definition) is 2. The van der Waals surface area contributed by atoms with Gasteiger partial charge < -0.3 is 15.0 Å². The van der Waals surface area contributed by atoms with Crippen LogP contribution in [0.3, 0.4) is 0 Å². The Morgan fingerprint density at radius 3 is 2.76 bits per heavy atom. The van der Waals surface area contributed by atoms with Crippen molar-refractivity contribution in [1.82, 2.24) is 10.3 Å². The molecule has 1 heterocycles. The maximum atomic E-state index is 12.8. The van der Waals surface area contributed by atoms with Crippen molar-refractivity contribution in [2.45, 2.75) is 25.7 Å². The minimum atomic E-state index is -0.603. The van der Waals surface area contributed by atoms with Gasteiger partial charge in [-0.25, -0.2) is 0 Å². The molecule has 3 aromatic rings. The van der Waals surface area contributed by atoms with Gasteiger partial charge >= 0.3 is 0 Å². The number of fused-ring (bicyclic) bond motifs is 1. The van der Waals surface area contributed by atoms with Crippen molar-refractivity contribution in [2.75, 3.05) is 13.7 Å². The summed E-state index contributed by atoms with van der Waals surface area (Å²) in [6.07, 6.45) is 2.71. The van der Waals surface area contributed by atoms with E-state index in [2.05, 4.69) is 10.3 Å². The maximum Gasteiger partial charge on any atom is 0.230 e. The van der Waals surface area contributed by atoms with Gasteiger partial charge in [0.1, 0.15) is 5.75 Å². The largest absolute Gasteiger partial charge is 0.497 e. The van der Waals surface area contributed by atoms with Crippen molar-refractivity contribution in [3.05, 3.63) is 65.9 Å². The van der Waals surface area contributed by atoms with Crippen molar-refractivity contribution in [1.29, 1.82) is 0 Å². The average molecular weight is 336 g/mol. The third kappa shape index (κ3) is 3.53. The van der Waals surface area contributed by atoms with E-state index < -0.39 is 5.41 Å². The summed E-state index contributed by atoms with van der Waals surface area (Å²) < 4.78 is 5.24. The van der Waals surface area contributed by atoms with Crippen LogP contribution in [0, 0.1) is 0 Å². The normalized spacial score (nSPS) is 11.5. The zero-order chi connectivity index (χ0) is 17.9. The van der Waals surface area contributed by atoms with E-state index in [0.29, 0.717) is 6.54 Å². The van der Waals surface area contributed by atoms with E-state index in [1.54, 1.807) is 7.11 Å². The van der Waals surface area contributed by atoms with Crippen LogP contribution in [-0.4, -0.2) is 24.5 Å². The number of rotatable bonds is 6. The molecule has 0 radical (unpaired) electrons. The van der Waals surface area contributed by atoms with Crippen molar-refractivity contribution >= 4 is 16.8 Å². The summed E-state index contributed by atoms with van der Waals surface area (Å²) in [5, 5.41) is 4.16. The van der Waals surface area contributed by atoms with Crippen LogP contribution in [0.15, 0.2) is 54.7 Å². The topological polar surface area (TPSA) is 54.1 Å². The third-order valence-corrected chi connectivity index (χ3v) is 4.66. The molecule has 3 rings (SSSR count). The Kier molecular flexibility index (Phi) is 4.79. The summed E-state index contributed by atoms with van der Waals surface area (Å²) in [7, 11) is 1.66. The van der Waals surface area contributed by atoms with Crippen LogP contribution in [0.1, 0.15) is 25.0 Å². The van der Waals surface area contributed by atoms with E-state index in [4.69, 9.17) is 4.74 Å². The van der Waals surface area contributed by atoms with Gasteiger partial charge in [0, 0.05) is 23.6 Å². The zero-order valence-electron chi connectivity index (χ0n) is 14.9. The Hall–Kier alpha value is -2.75. The van der Waals surface area contributed by atoms with Crippen molar-refractivity contribution in [3.63, 3.8) is 0 Å². The lowest BCUT2D eigenvalue weighted by Crippen LogP contribution is -2.40. The lowest BCUT2D eigenvalue weighted by Gasteiger charge is -2.23. The second kappa shape index (κ2) is 7.01. The number of carbonyl (C=O) groups excluding carboxylic acids is 1. The lowest BCUT2D eigenvalue weighted by atomic mass is 9.83. The molecule has 0 spiro atoms. The fourth-order valence-electron chi connectivity index (χ4n) is 3.08. The number of H-pyrrole nitrogens is 1. The minimum absolute atomic E-state index is 0.0279. The van der Waals surface area contributed by atoms with Crippen LogP contribution < -0.4 is 10.1 Å². The van der Waals surface area contributed by atoms with Gasteiger partial charge in [-0.2, -0.15) is 0 Å². The summed E-state index contributed by atoms with van der Waals surface area (Å²) in [5.41, 5.74) is 2.61. The first kappa shape index (κ1) is 17.1. The number of nitrogens with one attached hydrogen (secondary N) is 2. The molecular weight excluding hydrogens is 312 g/mol. The van der Waals surface area contributed by atoms with Gasteiger partial charge in [0.05, 0.1) is 12.5 Å². The fourth-order valence-corrected chi connectivity index (χ4v) is 3.08. The molecule has 0 unspecified atom stereocenters. The smallest absolute Gasteiger partial charge is 0.230 e. The molecule has 4 nitrogen and oxygen atoms in total. The monoisotopic (exact) mass is 336 g/mol. The van der Waals surface area contributed by atoms with Crippen LogP contribution in [0.2, 0.25) is 0 Å². The first-order chi connectivity index (χ1) is 12.0. The second-order valence-corrected chi connectivity index (χ2v) is 6.73. The number of hydrogen-bond acceptors (Lipinski definition) is 2. The third-order valence-electron chi connectivity index (χ3n) is 4.66. The number of aromatic nitrogens is 1. The summed E-state index contributed by atoms with van der Waals surface area (Å²) >= 11 is 0. The van der Waals surface area contributed by atoms with Gasteiger partial charge in [-0.3, -0.25) is 4.79 Å². The highest BCUT2D eigenvalue weighted by Crippen LogP contribution is 2.30. The molecule has 2 N–H and O–H groups in total. The van der Waals surface area contributed by atoms with Gasteiger partial charge in [-0.15, -0.1) is 0 Å². The first-order valence-corrected chi connectivity index (χ1v) is 8.50. The van der Waals surface area contributed by atoms with Crippen LogP contribution in [0.4, 0.5) is 0 Å². The van der Waals surface area contributed by atoms with E-state index in [9.17, 15) is 4.79 Å². The standard InChI is InChI=1S/C21H24N2O2/c1-21(2,18-14-23-19-10-5-4-9-17(18)19)20(24)22-12-11-15-7-6-8-16(13-15)25-3/h4-10,13-14,23H,11-12H2,1-3H3,(H,22,24). The Labute approximate surface area is 148 Å². The Bertz CT molecular complexity index is 880. The van der Waals surface area contributed by atoms with Crippen LogP contribution in [-0.2, 0) is 16.6 Å². The summed E-state index contributed by atoms with van der Waals surface area (Å²) in [5.74, 6) is 0.864. The minimum Gasteiger partial charge on any atom is -0.497 e. The zero-order valence-corrected chi connectivity index (χ0v) is 14.9. The number of ether oxygens (including phenoxy) is 1. The number of aromatic amines is 1. The molecule has 130 valence electrons. The van der Waals surface area contributed by atoms with E-state index in [-0.39, 0.29) is 5.91 Å². The lowest BCUT2D eigenvalue weighted by molar-refractivity contribution is -0.125. The van der Waals surface area contributed by atoms with Crippen LogP contribution in [0.25, 0.3) is 10.9 Å². The van der Waals surface area contributed by atoms with Crippen LogP contribution >= 0.6 is 0 Å². The summed E-state index contributed by atoms with van der Waals surface area (Å²) in [6, 6.07) is 16.0. The molecule has 0 aliphatic rings. The highest BCUT2D eigenvalue weighted by atomic mass is 16.5. The average Bonchev–Trinajstić information content (AvgIpc) is 3.06. The van der Waals surface area contributed by atoms with Crippen molar-refractivity contribution < 1.29 is 9.53 Å². The first-order valence-electron chi connectivity index (χ1n) is 8.50. The number of para-hydroxylation sites is 1. The SMILES string of the molecule is COc1cccc(CCNC(=O)C(C)(C)c2c[nH]c3ccccc23)c1. The van der Waals surface area contributed by atoms with Gasteiger partial charge in [-0.05, 0) is 49.6 Å². The summed E-state index contributed by atoms with van der Waals surface area (Å²) in [4.78, 5) is 16.0. The molecular formula is C21H24N2O2. The highest BCUT2D eigenvalue weighted by molar-refractivity contribution is 5.94. The molecule has 1 amide bonds. The van der Waals surface area contributed by atoms with Crippen molar-refractivity contribution in [2.24, 2.45) is 0 Å². The van der Waals surface area contributed by atoms with Gasteiger partial charge in [0.2, 0.25) is 5.91 Å². The van der Waals surface area contributed by atoms with E-state index in [1.165, 1.54) is 0 Å². The molecule has 0 saturated heterocycles. The molecule has 1 aromatic heterocycles. The van der Waals surface area contributed by atoms with Gasteiger partial charge in [-0.1, -0.05) is 30.3 Å². The molecule has 0 bridgehead atoms. The highest BCUT2D eigenvalue weighted by Gasteiger charge is 2.31. The molecule has 0 atom stereocenters. The van der Waals surface area contributed by atoms with E-state index >= 15 is 0 Å². The maximum absolute atomic E-state index is 12.8. The quantitative estimate of drug-likeness (QED) is 0.719. The fraction of sp³-hybridized carbons (Fsp3) is 0.286. The number of carbonyl (C=O) groups is 1. The Morgan fingerprint density at radius 1 is 1.16 bits per heavy atom. The molecule has 0 aliphatic heterocycles. The van der Waals surface area contributed by atoms with Crippen LogP contribution in [0.5, 0.6) is 5.75 Å². The number of benzene rings is 2. The number of amides is 1. The van der Waals surface area contributed by atoms with Crippen molar-refractivity contribution in [3.8, 4) is 5.75 Å². The molecule has 4 heteroatoms. The number of methoxy groups -OCH3 is 1. The molecule has 0 aliphatic carbocycles. The molecule has 25 heavy (non-hydrogen) atoms. The van der Waals surface area contributed by atoms with E-state index in [0.717, 1.165) is 34.2 Å². The Morgan fingerprint density at radius 2 is 1.96 bits per heavy atom. The Balaban J connectivity index is 1.67. The predicted octanol–water partition coefficient (Wildman–Crippen LogP) is 3.81. The second-order valence-electron chi connectivity index (χ2n) is 6.73. The predicted molar refractivity (Wildman–Crippen MR) is 101 cm³/mol. The summed E-state index contributed by atoms with van der Waals surface area (Å²) in [6.45, 7) is 4.52. The van der Waals surface area contributed by atoms with Gasteiger partial charge in [0.15, 0.2) is 0 Å². The molecule has 2 aromatic carbocycles. The molecule has 0 fully saturated rings.